The summed E-state index contributed by atoms with van der Waals surface area (Å²) in [6, 6.07) is 3.86. The number of hydrogen-bond donors (Lipinski definition) is 1. The lowest BCUT2D eigenvalue weighted by atomic mass is 10.2. The van der Waals surface area contributed by atoms with E-state index in [0.29, 0.717) is 0 Å². The van der Waals surface area contributed by atoms with Gasteiger partial charge in [-0.1, -0.05) is 6.07 Å². The summed E-state index contributed by atoms with van der Waals surface area (Å²) >= 11 is 1.71. The lowest BCUT2D eigenvalue weighted by Gasteiger charge is -2.05. The third kappa shape index (κ3) is 4.64. The molecule has 1 N–H and O–H groups in total. The average molecular weight is 227 g/mol. The van der Waals surface area contributed by atoms with Crippen LogP contribution in [0.4, 0.5) is 0 Å². The van der Waals surface area contributed by atoms with Gasteiger partial charge in [0.1, 0.15) is 0 Å². The van der Waals surface area contributed by atoms with Crippen LogP contribution in [-0.4, -0.2) is 29.6 Å². The first kappa shape index (κ1) is 12.5. The van der Waals surface area contributed by atoms with Crippen molar-refractivity contribution < 1.29 is 9.84 Å². The zero-order chi connectivity index (χ0) is 11.1. The minimum atomic E-state index is -0.440. The van der Waals surface area contributed by atoms with Gasteiger partial charge in [0.25, 0.3) is 0 Å². The Morgan fingerprint density at radius 3 is 2.87 bits per heavy atom. The first-order valence-electron chi connectivity index (χ1n) is 5.00. The number of aliphatic hydroxyl groups excluding tert-OH is 1. The second-order valence-electron chi connectivity index (χ2n) is 3.30. The van der Waals surface area contributed by atoms with E-state index < -0.39 is 6.10 Å². The van der Waals surface area contributed by atoms with Crippen LogP contribution in [0.1, 0.15) is 25.0 Å². The Morgan fingerprint density at radius 1 is 1.53 bits per heavy atom. The Bertz CT molecular complexity index is 274. The van der Waals surface area contributed by atoms with E-state index in [1.807, 2.05) is 12.1 Å². The predicted molar refractivity (Wildman–Crippen MR) is 62.1 cm³/mol. The van der Waals surface area contributed by atoms with E-state index in [1.165, 1.54) is 0 Å². The summed E-state index contributed by atoms with van der Waals surface area (Å²) in [6.45, 7) is 2.53. The molecule has 1 aromatic rings. The molecule has 0 aliphatic heterocycles. The van der Waals surface area contributed by atoms with Gasteiger partial charge in [0.15, 0.2) is 0 Å². The van der Waals surface area contributed by atoms with E-state index in [4.69, 9.17) is 4.74 Å². The van der Waals surface area contributed by atoms with Gasteiger partial charge >= 0.3 is 0 Å². The SMILES string of the molecule is COCCCSc1ccc(C(C)O)cn1. The molecule has 0 aliphatic rings. The van der Waals surface area contributed by atoms with Crippen LogP contribution in [0.2, 0.25) is 0 Å². The molecule has 4 heteroatoms. The van der Waals surface area contributed by atoms with Gasteiger partial charge in [0.05, 0.1) is 11.1 Å². The van der Waals surface area contributed by atoms with Crippen LogP contribution >= 0.6 is 11.8 Å². The van der Waals surface area contributed by atoms with Crippen LogP contribution in [0.3, 0.4) is 0 Å². The molecule has 0 bridgehead atoms. The van der Waals surface area contributed by atoms with Crippen molar-refractivity contribution >= 4 is 11.8 Å². The van der Waals surface area contributed by atoms with Gasteiger partial charge in [-0.2, -0.15) is 0 Å². The fourth-order valence-corrected chi connectivity index (χ4v) is 1.87. The molecule has 3 nitrogen and oxygen atoms in total. The molecule has 0 amide bonds. The van der Waals surface area contributed by atoms with E-state index in [9.17, 15) is 5.11 Å². The molecular formula is C11H17NO2S. The summed E-state index contributed by atoms with van der Waals surface area (Å²) in [5.41, 5.74) is 0.858. The molecule has 1 aromatic heterocycles. The summed E-state index contributed by atoms with van der Waals surface area (Å²) < 4.78 is 4.96. The fraction of sp³-hybridized carbons (Fsp3) is 0.545. The predicted octanol–water partition coefficient (Wildman–Crippen LogP) is 2.26. The molecular weight excluding hydrogens is 210 g/mol. The highest BCUT2D eigenvalue weighted by Crippen LogP contribution is 2.18. The van der Waals surface area contributed by atoms with E-state index >= 15 is 0 Å². The number of aromatic nitrogens is 1. The quantitative estimate of drug-likeness (QED) is 0.598. The highest BCUT2D eigenvalue weighted by atomic mass is 32.2. The zero-order valence-corrected chi connectivity index (χ0v) is 9.96. The van der Waals surface area contributed by atoms with Gasteiger partial charge < -0.3 is 9.84 Å². The highest BCUT2D eigenvalue weighted by molar-refractivity contribution is 7.99. The van der Waals surface area contributed by atoms with Crippen molar-refractivity contribution in [2.75, 3.05) is 19.5 Å². The lowest BCUT2D eigenvalue weighted by molar-refractivity contribution is 0.198. The largest absolute Gasteiger partial charge is 0.389 e. The summed E-state index contributed by atoms with van der Waals surface area (Å²) in [5, 5.41) is 10.3. The standard InChI is InChI=1S/C11H17NO2S/c1-9(13)10-4-5-11(12-8-10)15-7-3-6-14-2/h4-5,8-9,13H,3,6-7H2,1-2H3. The Kier molecular flexibility index (Phi) is 5.68. The molecule has 1 rings (SSSR count). The van der Waals surface area contributed by atoms with Crippen LogP contribution in [0.5, 0.6) is 0 Å². The van der Waals surface area contributed by atoms with Gasteiger partial charge in [0, 0.05) is 25.7 Å². The van der Waals surface area contributed by atoms with Gasteiger partial charge in [-0.3, -0.25) is 0 Å². The molecule has 1 atom stereocenters. The van der Waals surface area contributed by atoms with Crippen LogP contribution in [0.25, 0.3) is 0 Å². The molecule has 0 saturated heterocycles. The minimum Gasteiger partial charge on any atom is -0.389 e. The van der Waals surface area contributed by atoms with Crippen molar-refractivity contribution in [3.05, 3.63) is 23.9 Å². The molecule has 0 fully saturated rings. The van der Waals surface area contributed by atoms with Gasteiger partial charge in [-0.05, 0) is 25.0 Å². The van der Waals surface area contributed by atoms with Crippen LogP contribution < -0.4 is 0 Å². The summed E-state index contributed by atoms with van der Waals surface area (Å²) in [4.78, 5) is 4.26. The van der Waals surface area contributed by atoms with Crippen molar-refractivity contribution in [2.24, 2.45) is 0 Å². The molecule has 84 valence electrons. The topological polar surface area (TPSA) is 42.4 Å². The molecule has 0 saturated carbocycles. The monoisotopic (exact) mass is 227 g/mol. The van der Waals surface area contributed by atoms with Crippen molar-refractivity contribution in [3.63, 3.8) is 0 Å². The number of pyridine rings is 1. The Morgan fingerprint density at radius 2 is 2.33 bits per heavy atom. The number of aliphatic hydroxyl groups is 1. The molecule has 0 aliphatic carbocycles. The Balaban J connectivity index is 2.36. The second-order valence-corrected chi connectivity index (χ2v) is 4.42. The highest BCUT2D eigenvalue weighted by Gasteiger charge is 2.01. The van der Waals surface area contributed by atoms with Gasteiger partial charge in [-0.25, -0.2) is 4.98 Å². The normalized spacial score (nSPS) is 12.7. The average Bonchev–Trinajstić information content (AvgIpc) is 2.25. The van der Waals surface area contributed by atoms with E-state index in [0.717, 1.165) is 29.4 Å². The maximum absolute atomic E-state index is 9.30. The zero-order valence-electron chi connectivity index (χ0n) is 9.14. The van der Waals surface area contributed by atoms with Crippen molar-refractivity contribution in [1.29, 1.82) is 0 Å². The maximum atomic E-state index is 9.30. The van der Waals surface area contributed by atoms with E-state index in [1.54, 1.807) is 32.0 Å². The number of ether oxygens (including phenoxy) is 1. The molecule has 15 heavy (non-hydrogen) atoms. The van der Waals surface area contributed by atoms with E-state index in [2.05, 4.69) is 4.98 Å². The number of methoxy groups -OCH3 is 1. The summed E-state index contributed by atoms with van der Waals surface area (Å²) in [6.07, 6.45) is 2.31. The lowest BCUT2D eigenvalue weighted by Crippen LogP contribution is -1.93. The Hall–Kier alpha value is -0.580. The maximum Gasteiger partial charge on any atom is 0.0960 e. The first-order valence-corrected chi connectivity index (χ1v) is 5.98. The number of rotatable bonds is 6. The molecule has 1 heterocycles. The minimum absolute atomic E-state index is 0.440. The smallest absolute Gasteiger partial charge is 0.0960 e. The summed E-state index contributed by atoms with van der Waals surface area (Å²) in [7, 11) is 1.71. The van der Waals surface area contributed by atoms with E-state index in [-0.39, 0.29) is 0 Å². The molecule has 0 radical (unpaired) electrons. The van der Waals surface area contributed by atoms with Crippen LogP contribution in [-0.2, 0) is 4.74 Å². The van der Waals surface area contributed by atoms with Gasteiger partial charge in [0.2, 0.25) is 0 Å². The second kappa shape index (κ2) is 6.82. The first-order chi connectivity index (χ1) is 7.24. The molecule has 0 aromatic carbocycles. The van der Waals surface area contributed by atoms with Crippen molar-refractivity contribution in [1.82, 2.24) is 4.98 Å². The number of hydrogen-bond acceptors (Lipinski definition) is 4. The summed E-state index contributed by atoms with van der Waals surface area (Å²) in [5.74, 6) is 1.01. The van der Waals surface area contributed by atoms with Crippen LogP contribution in [0.15, 0.2) is 23.4 Å². The third-order valence-electron chi connectivity index (χ3n) is 1.98. The fourth-order valence-electron chi connectivity index (χ4n) is 1.10. The third-order valence-corrected chi connectivity index (χ3v) is 3.01. The Labute approximate surface area is 94.9 Å². The molecule has 1 unspecified atom stereocenters. The number of nitrogens with zero attached hydrogens (tertiary/aromatic N) is 1. The van der Waals surface area contributed by atoms with Gasteiger partial charge in [-0.15, -0.1) is 11.8 Å². The number of thioether (sulfide) groups is 1. The molecule has 0 spiro atoms. The van der Waals surface area contributed by atoms with Crippen LogP contribution in [0, 0.1) is 0 Å². The van der Waals surface area contributed by atoms with Crippen molar-refractivity contribution in [2.45, 2.75) is 24.5 Å². The van der Waals surface area contributed by atoms with Crippen molar-refractivity contribution in [3.8, 4) is 0 Å².